The van der Waals surface area contributed by atoms with E-state index >= 15 is 0 Å². The summed E-state index contributed by atoms with van der Waals surface area (Å²) in [6.45, 7) is 0.446. The summed E-state index contributed by atoms with van der Waals surface area (Å²) in [5.74, 6) is 0.963. The second-order valence-corrected chi connectivity index (χ2v) is 7.21. The van der Waals surface area contributed by atoms with Crippen LogP contribution in [0.4, 0.5) is 0 Å². The van der Waals surface area contributed by atoms with E-state index in [1.165, 1.54) is 10.4 Å². The third-order valence-electron chi connectivity index (χ3n) is 3.72. The molecule has 0 bridgehead atoms. The van der Waals surface area contributed by atoms with Gasteiger partial charge in [0.05, 0.1) is 0 Å². The second kappa shape index (κ2) is 6.52. The van der Waals surface area contributed by atoms with E-state index in [0.717, 1.165) is 0 Å². The van der Waals surface area contributed by atoms with Gasteiger partial charge in [0.2, 0.25) is 10.0 Å². The van der Waals surface area contributed by atoms with Crippen molar-refractivity contribution in [3.05, 3.63) is 54.6 Å². The molecule has 1 aliphatic rings. The summed E-state index contributed by atoms with van der Waals surface area (Å²) in [6.07, 6.45) is 0.530. The summed E-state index contributed by atoms with van der Waals surface area (Å²) in [5, 5.41) is 0. The summed E-state index contributed by atoms with van der Waals surface area (Å²) < 4.78 is 32.8. The van der Waals surface area contributed by atoms with Gasteiger partial charge in [-0.05, 0) is 24.3 Å². The van der Waals surface area contributed by atoms with Gasteiger partial charge < -0.3 is 4.74 Å². The molecule has 0 aliphatic carbocycles. The quantitative estimate of drug-likeness (QED) is 0.864. The Hall–Kier alpha value is -2.18. The van der Waals surface area contributed by atoms with Gasteiger partial charge in [0.25, 0.3) is 0 Å². The lowest BCUT2D eigenvalue weighted by Gasteiger charge is -2.26. The normalized spacial score (nSPS) is 16.3. The minimum Gasteiger partial charge on any atom is -0.456 e. The maximum atomic E-state index is 12.8. The van der Waals surface area contributed by atoms with Gasteiger partial charge in [-0.1, -0.05) is 30.3 Å². The van der Waals surface area contributed by atoms with E-state index < -0.39 is 10.0 Å². The molecule has 5 nitrogen and oxygen atoms in total. The average Bonchev–Trinajstić information content (AvgIpc) is 2.56. The first-order chi connectivity index (χ1) is 11.1. The van der Waals surface area contributed by atoms with Crippen molar-refractivity contribution in [2.45, 2.75) is 17.7 Å². The monoisotopic (exact) mass is 331 g/mol. The SMILES string of the molecule is O=C1CCN(S(=O)(=O)c2ccccc2Oc2ccccc2)CC1. The molecule has 1 aliphatic heterocycles. The fourth-order valence-corrected chi connectivity index (χ4v) is 4.03. The van der Waals surface area contributed by atoms with Gasteiger partial charge in [-0.15, -0.1) is 0 Å². The first-order valence-electron chi connectivity index (χ1n) is 7.41. The lowest BCUT2D eigenvalue weighted by atomic mass is 10.1. The zero-order valence-electron chi connectivity index (χ0n) is 12.5. The highest BCUT2D eigenvalue weighted by Gasteiger charge is 2.30. The van der Waals surface area contributed by atoms with Crippen LogP contribution in [-0.2, 0) is 14.8 Å². The van der Waals surface area contributed by atoms with E-state index in [1.54, 1.807) is 30.3 Å². The van der Waals surface area contributed by atoms with Crippen LogP contribution in [0.5, 0.6) is 11.5 Å². The minimum atomic E-state index is -3.68. The lowest BCUT2D eigenvalue weighted by Crippen LogP contribution is -2.38. The van der Waals surface area contributed by atoms with Crippen LogP contribution in [0.15, 0.2) is 59.5 Å². The summed E-state index contributed by atoms with van der Waals surface area (Å²) in [5.41, 5.74) is 0. The number of Topliss-reactive ketones (excluding diaryl/α,β-unsaturated/α-hetero) is 1. The van der Waals surface area contributed by atoms with Crippen molar-refractivity contribution in [1.82, 2.24) is 4.31 Å². The van der Waals surface area contributed by atoms with Crippen LogP contribution in [0.25, 0.3) is 0 Å². The van der Waals surface area contributed by atoms with E-state index in [0.29, 0.717) is 5.75 Å². The van der Waals surface area contributed by atoms with Gasteiger partial charge in [-0.3, -0.25) is 4.79 Å². The molecule has 2 aromatic rings. The minimum absolute atomic E-state index is 0.102. The number of piperidine rings is 1. The average molecular weight is 331 g/mol. The summed E-state index contributed by atoms with van der Waals surface area (Å²) >= 11 is 0. The molecule has 1 fully saturated rings. The van der Waals surface area contributed by atoms with E-state index in [4.69, 9.17) is 4.74 Å². The third kappa shape index (κ3) is 3.43. The molecule has 0 unspecified atom stereocenters. The first kappa shape index (κ1) is 15.7. The molecule has 0 radical (unpaired) electrons. The molecule has 0 N–H and O–H groups in total. The molecule has 3 rings (SSSR count). The predicted octanol–water partition coefficient (Wildman–Crippen LogP) is 2.83. The van der Waals surface area contributed by atoms with E-state index in [9.17, 15) is 13.2 Å². The molecule has 0 saturated carbocycles. The Morgan fingerprint density at radius 2 is 1.48 bits per heavy atom. The zero-order valence-corrected chi connectivity index (χ0v) is 13.3. The molecule has 23 heavy (non-hydrogen) atoms. The number of sulfonamides is 1. The summed E-state index contributed by atoms with van der Waals surface area (Å²) in [4.78, 5) is 11.5. The van der Waals surface area contributed by atoms with Gasteiger partial charge in [-0.25, -0.2) is 8.42 Å². The highest BCUT2D eigenvalue weighted by Crippen LogP contribution is 2.31. The molecule has 2 aromatic carbocycles. The molecule has 0 aromatic heterocycles. The fraction of sp³-hybridized carbons (Fsp3) is 0.235. The number of hydrogen-bond donors (Lipinski definition) is 0. The van der Waals surface area contributed by atoms with Gasteiger partial charge in [0, 0.05) is 25.9 Å². The Morgan fingerprint density at radius 3 is 2.17 bits per heavy atom. The Balaban J connectivity index is 1.92. The van der Waals surface area contributed by atoms with Gasteiger partial charge >= 0.3 is 0 Å². The highest BCUT2D eigenvalue weighted by atomic mass is 32.2. The molecule has 0 spiro atoms. The number of rotatable bonds is 4. The van der Waals surface area contributed by atoms with Crippen LogP contribution >= 0.6 is 0 Å². The molecule has 1 heterocycles. The van der Waals surface area contributed by atoms with Crippen LogP contribution in [0.3, 0.4) is 0 Å². The zero-order chi connectivity index (χ0) is 16.3. The molecular formula is C17H17NO4S. The van der Waals surface area contributed by atoms with Crippen molar-refractivity contribution in [3.8, 4) is 11.5 Å². The number of benzene rings is 2. The topological polar surface area (TPSA) is 63.7 Å². The Labute approximate surface area is 135 Å². The van der Waals surface area contributed by atoms with E-state index in [-0.39, 0.29) is 42.4 Å². The maximum absolute atomic E-state index is 12.8. The van der Waals surface area contributed by atoms with Crippen LogP contribution in [-0.4, -0.2) is 31.6 Å². The van der Waals surface area contributed by atoms with Crippen molar-refractivity contribution in [3.63, 3.8) is 0 Å². The second-order valence-electron chi connectivity index (χ2n) is 5.30. The van der Waals surface area contributed by atoms with Crippen molar-refractivity contribution in [2.75, 3.05) is 13.1 Å². The summed E-state index contributed by atoms with van der Waals surface area (Å²) in [6, 6.07) is 15.6. The smallest absolute Gasteiger partial charge is 0.246 e. The number of hydrogen-bond acceptors (Lipinski definition) is 4. The highest BCUT2D eigenvalue weighted by molar-refractivity contribution is 7.89. The Bertz CT molecular complexity index is 792. The number of para-hydroxylation sites is 2. The largest absolute Gasteiger partial charge is 0.456 e. The number of carbonyl (C=O) groups excluding carboxylic acids is 1. The van der Waals surface area contributed by atoms with Crippen LogP contribution in [0.2, 0.25) is 0 Å². The molecular weight excluding hydrogens is 314 g/mol. The van der Waals surface area contributed by atoms with Crippen LogP contribution in [0.1, 0.15) is 12.8 Å². The van der Waals surface area contributed by atoms with Crippen molar-refractivity contribution in [2.24, 2.45) is 0 Å². The summed E-state index contributed by atoms with van der Waals surface area (Å²) in [7, 11) is -3.68. The Kier molecular flexibility index (Phi) is 4.45. The number of ketones is 1. The van der Waals surface area contributed by atoms with Crippen LogP contribution in [0, 0.1) is 0 Å². The van der Waals surface area contributed by atoms with Crippen LogP contribution < -0.4 is 4.74 Å². The Morgan fingerprint density at radius 1 is 0.870 bits per heavy atom. The van der Waals surface area contributed by atoms with E-state index in [2.05, 4.69) is 0 Å². The molecule has 0 atom stereocenters. The third-order valence-corrected chi connectivity index (χ3v) is 5.66. The predicted molar refractivity (Wildman–Crippen MR) is 86.0 cm³/mol. The number of carbonyl (C=O) groups is 1. The molecule has 0 amide bonds. The molecule has 1 saturated heterocycles. The first-order valence-corrected chi connectivity index (χ1v) is 8.85. The lowest BCUT2D eigenvalue weighted by molar-refractivity contribution is -0.120. The number of ether oxygens (including phenoxy) is 1. The van der Waals surface area contributed by atoms with Gasteiger partial charge in [0.1, 0.15) is 22.2 Å². The van der Waals surface area contributed by atoms with Crippen molar-refractivity contribution in [1.29, 1.82) is 0 Å². The molecule has 120 valence electrons. The molecule has 6 heteroatoms. The van der Waals surface area contributed by atoms with E-state index in [1.807, 2.05) is 18.2 Å². The van der Waals surface area contributed by atoms with Gasteiger partial charge in [-0.2, -0.15) is 4.31 Å². The standard InChI is InChI=1S/C17H17NO4S/c19-14-10-12-18(13-11-14)23(20,21)17-9-5-4-8-16(17)22-15-6-2-1-3-7-15/h1-9H,10-13H2. The number of nitrogens with zero attached hydrogens (tertiary/aromatic N) is 1. The maximum Gasteiger partial charge on any atom is 0.246 e. The van der Waals surface area contributed by atoms with Gasteiger partial charge in [0.15, 0.2) is 0 Å². The van der Waals surface area contributed by atoms with Crippen molar-refractivity contribution >= 4 is 15.8 Å². The fourth-order valence-electron chi connectivity index (χ4n) is 2.48. The van der Waals surface area contributed by atoms with Crippen molar-refractivity contribution < 1.29 is 17.9 Å².